The highest BCUT2D eigenvalue weighted by atomic mass is 32.2. The van der Waals surface area contributed by atoms with Gasteiger partial charge < -0.3 is 9.74 Å². The number of rotatable bonds is 20. The first kappa shape index (κ1) is 36.6. The van der Waals surface area contributed by atoms with Gasteiger partial charge in [-0.2, -0.15) is 4.21 Å². The summed E-state index contributed by atoms with van der Waals surface area (Å²) in [5, 5.41) is 5.19. The van der Waals surface area contributed by atoms with Crippen molar-refractivity contribution in [1.29, 1.82) is 0 Å². The van der Waals surface area contributed by atoms with Gasteiger partial charge >= 0.3 is 11.4 Å². The zero-order chi connectivity index (χ0) is 31.8. The minimum Gasteiger partial charge on any atom is -0.405 e. The van der Waals surface area contributed by atoms with E-state index in [0.717, 1.165) is 19.3 Å². The van der Waals surface area contributed by atoms with Gasteiger partial charge in [-0.1, -0.05) is 165 Å². The van der Waals surface area contributed by atoms with Crippen molar-refractivity contribution in [2.24, 2.45) is 0 Å². The minimum absolute atomic E-state index is 0.175. The van der Waals surface area contributed by atoms with Crippen LogP contribution in [0.5, 0.6) is 0 Å². The first-order valence-electron chi connectivity index (χ1n) is 17.0. The second kappa shape index (κ2) is 19.0. The third kappa shape index (κ3) is 10.9. The summed E-state index contributed by atoms with van der Waals surface area (Å²) in [4.78, 5) is 12.4. The van der Waals surface area contributed by atoms with Gasteiger partial charge in [-0.3, -0.25) is 13.2 Å². The molecule has 8 heteroatoms. The Balaban J connectivity index is 1.64. The molecule has 1 unspecified atom stereocenters. The third-order valence-corrected chi connectivity index (χ3v) is 14.6. The fourth-order valence-electron chi connectivity index (χ4n) is 6.51. The van der Waals surface area contributed by atoms with Crippen LogP contribution in [0.4, 0.5) is 0 Å². The lowest BCUT2D eigenvalue weighted by Gasteiger charge is -2.44. The second-order valence-corrected chi connectivity index (χ2v) is 18.5. The molecule has 3 rings (SSSR count). The summed E-state index contributed by atoms with van der Waals surface area (Å²) in [6.07, 6.45) is 15.1. The van der Waals surface area contributed by atoms with E-state index in [-0.39, 0.29) is 23.7 Å². The smallest absolute Gasteiger partial charge is 0.305 e. The maximum Gasteiger partial charge on any atom is 0.305 e. The lowest BCUT2D eigenvalue weighted by atomic mass is 9.99. The van der Waals surface area contributed by atoms with E-state index in [1.165, 1.54) is 81.5 Å². The van der Waals surface area contributed by atoms with Crippen LogP contribution in [0.1, 0.15) is 118 Å². The Hall–Kier alpha value is -1.84. The molecule has 1 saturated heterocycles. The van der Waals surface area contributed by atoms with Crippen LogP contribution in [0.3, 0.4) is 0 Å². The van der Waals surface area contributed by atoms with Gasteiger partial charge in [0.1, 0.15) is 12.2 Å². The number of carbonyl (C=O) groups excluding carboxylic acids is 1. The highest BCUT2D eigenvalue weighted by Crippen LogP contribution is 2.37. The van der Waals surface area contributed by atoms with Crippen molar-refractivity contribution in [1.82, 2.24) is 5.32 Å². The first-order valence-corrected chi connectivity index (χ1v) is 19.9. The van der Waals surface area contributed by atoms with Crippen LogP contribution in [0.15, 0.2) is 60.7 Å². The Kier molecular flexibility index (Phi) is 15.8. The lowest BCUT2D eigenvalue weighted by Crippen LogP contribution is -2.68. The molecule has 2 aromatic rings. The van der Waals surface area contributed by atoms with E-state index < -0.39 is 31.8 Å². The molecular formula is C36H57NO5SSi. The van der Waals surface area contributed by atoms with Gasteiger partial charge in [0.25, 0.3) is 8.32 Å². The highest BCUT2D eigenvalue weighted by molar-refractivity contribution is 7.75. The van der Waals surface area contributed by atoms with E-state index in [9.17, 15) is 9.00 Å². The lowest BCUT2D eigenvalue weighted by molar-refractivity contribution is -0.120. The van der Waals surface area contributed by atoms with Crippen LogP contribution < -0.4 is 15.7 Å². The van der Waals surface area contributed by atoms with Crippen LogP contribution in [0, 0.1) is 0 Å². The summed E-state index contributed by atoms with van der Waals surface area (Å²) in [5.74, 6) is -0.175. The number of nitrogens with one attached hydrogen (secondary N) is 1. The Labute approximate surface area is 271 Å². The summed E-state index contributed by atoms with van der Waals surface area (Å²) in [5.41, 5.74) is 0. The van der Waals surface area contributed by atoms with Crippen molar-refractivity contribution in [2.45, 2.75) is 141 Å². The summed E-state index contributed by atoms with van der Waals surface area (Å²) in [7, 11) is -2.84. The number of benzene rings is 2. The van der Waals surface area contributed by atoms with Crippen molar-refractivity contribution in [3.63, 3.8) is 0 Å². The molecule has 4 atom stereocenters. The quantitative estimate of drug-likeness (QED) is 0.119. The zero-order valence-corrected chi connectivity index (χ0v) is 29.7. The van der Waals surface area contributed by atoms with Crippen molar-refractivity contribution >= 4 is 36.0 Å². The van der Waals surface area contributed by atoms with Crippen LogP contribution in [0.25, 0.3) is 0 Å². The molecule has 1 amide bonds. The molecule has 1 fully saturated rings. The van der Waals surface area contributed by atoms with E-state index in [2.05, 4.69) is 81.5 Å². The molecule has 0 radical (unpaired) electrons. The fourth-order valence-corrected chi connectivity index (χ4v) is 12.0. The molecule has 0 saturated carbocycles. The average molecular weight is 644 g/mol. The Morgan fingerprint density at radius 1 is 0.818 bits per heavy atom. The average Bonchev–Trinajstić information content (AvgIpc) is 3.37. The van der Waals surface area contributed by atoms with Crippen LogP contribution in [0.2, 0.25) is 5.04 Å². The third-order valence-electron chi connectivity index (χ3n) is 8.78. The number of carbonyl (C=O) groups is 1. The predicted octanol–water partition coefficient (Wildman–Crippen LogP) is 7.52. The van der Waals surface area contributed by atoms with Crippen molar-refractivity contribution < 1.29 is 21.8 Å². The molecule has 44 heavy (non-hydrogen) atoms. The van der Waals surface area contributed by atoms with Crippen molar-refractivity contribution in [3.8, 4) is 0 Å². The molecule has 6 nitrogen and oxygen atoms in total. The predicted molar refractivity (Wildman–Crippen MR) is 185 cm³/mol. The van der Waals surface area contributed by atoms with E-state index in [4.69, 9.17) is 12.8 Å². The number of hydrogen-bond donors (Lipinski definition) is 1. The highest BCUT2D eigenvalue weighted by Gasteiger charge is 2.51. The second-order valence-electron chi connectivity index (χ2n) is 13.4. The summed E-state index contributed by atoms with van der Waals surface area (Å²) in [6.45, 7) is 10.7. The van der Waals surface area contributed by atoms with Crippen LogP contribution >= 0.6 is 0 Å². The van der Waals surface area contributed by atoms with Gasteiger partial charge in [-0.15, -0.1) is 0 Å². The first-order chi connectivity index (χ1) is 21.2. The molecular weight excluding hydrogens is 587 g/mol. The largest absolute Gasteiger partial charge is 0.405 e. The molecule has 0 spiro atoms. The molecule has 0 bridgehead atoms. The maximum atomic E-state index is 12.5. The van der Waals surface area contributed by atoms with E-state index in [1.54, 1.807) is 0 Å². The van der Waals surface area contributed by atoms with Crippen LogP contribution in [-0.4, -0.2) is 43.3 Å². The van der Waals surface area contributed by atoms with E-state index >= 15 is 0 Å². The van der Waals surface area contributed by atoms with Crippen molar-refractivity contribution in [3.05, 3.63) is 60.7 Å². The molecule has 0 aliphatic carbocycles. The molecule has 1 aliphatic heterocycles. The molecule has 2 aromatic carbocycles. The van der Waals surface area contributed by atoms with Gasteiger partial charge in [-0.05, 0) is 21.8 Å². The van der Waals surface area contributed by atoms with Gasteiger partial charge in [0, 0.05) is 6.92 Å². The van der Waals surface area contributed by atoms with Gasteiger partial charge in [0.15, 0.2) is 0 Å². The fraction of sp³-hybridized carbons (Fsp3) is 0.639. The molecule has 1 aliphatic rings. The minimum atomic E-state index is -2.84. The maximum absolute atomic E-state index is 12.5. The Bertz CT molecular complexity index is 1070. The summed E-state index contributed by atoms with van der Waals surface area (Å²) >= 11 is -1.84. The monoisotopic (exact) mass is 643 g/mol. The van der Waals surface area contributed by atoms with Crippen LogP contribution in [-0.2, 0) is 28.9 Å². The van der Waals surface area contributed by atoms with Gasteiger partial charge in [0.2, 0.25) is 5.91 Å². The SMILES string of the molecule is CCCCCCCCCCCCCC[C@H]1OS(=O)O[C@H]1[C@H](CO[Si](c1ccccc1)(c1ccccc1)C(C)(C)C)NC(C)=O. The summed E-state index contributed by atoms with van der Waals surface area (Å²) in [6, 6.07) is 20.4. The van der Waals surface area contributed by atoms with Gasteiger partial charge in [-0.25, -0.2) is 0 Å². The summed E-state index contributed by atoms with van der Waals surface area (Å²) < 4.78 is 31.2. The van der Waals surface area contributed by atoms with E-state index in [0.29, 0.717) is 0 Å². The number of amides is 1. The Morgan fingerprint density at radius 2 is 1.30 bits per heavy atom. The van der Waals surface area contributed by atoms with E-state index in [1.807, 2.05) is 12.1 Å². The molecule has 1 N–H and O–H groups in total. The molecule has 1 heterocycles. The normalized spacial score (nSPS) is 19.6. The number of hydrogen-bond acceptors (Lipinski definition) is 5. The topological polar surface area (TPSA) is 73.9 Å². The molecule has 246 valence electrons. The standard InChI is InChI=1S/C36H57NO5SSi/c1-6-7-8-9-10-11-12-13-14-15-16-23-28-34-35(42-43(39)41-34)33(37-30(2)38)29-40-44(36(3,4)5,31-24-19-17-20-25-31)32-26-21-18-22-27-32/h17-22,24-27,33-35H,6-16,23,28-29H2,1-5H3,(H,37,38)/t33-,34+,35-,43?/m0/s1. The zero-order valence-electron chi connectivity index (χ0n) is 27.9. The van der Waals surface area contributed by atoms with Crippen molar-refractivity contribution in [2.75, 3.05) is 6.61 Å². The number of unbranched alkanes of at least 4 members (excludes halogenated alkanes) is 11. The Morgan fingerprint density at radius 3 is 1.75 bits per heavy atom. The van der Waals surface area contributed by atoms with Gasteiger partial charge in [0.05, 0.1) is 12.6 Å². The molecule has 0 aromatic heterocycles.